The second-order valence-electron chi connectivity index (χ2n) is 8.75. The monoisotopic (exact) mass is 403 g/mol. The Hall–Kier alpha value is -3.16. The maximum absolute atomic E-state index is 2.71. The Morgan fingerprint density at radius 2 is 1.03 bits per heavy atom. The SMILES string of the molecule is c1ccc(CC2CC(c3ccccc3)(c3ccccc3)CN2Cc2ccccc2)cc1. The average Bonchev–Trinajstić information content (AvgIpc) is 3.20. The van der Waals surface area contributed by atoms with Crippen LogP contribution in [0.3, 0.4) is 0 Å². The molecule has 1 fully saturated rings. The van der Waals surface area contributed by atoms with E-state index in [-0.39, 0.29) is 5.41 Å². The summed E-state index contributed by atoms with van der Waals surface area (Å²) in [7, 11) is 0. The van der Waals surface area contributed by atoms with E-state index < -0.39 is 0 Å². The minimum atomic E-state index is 0.0107. The van der Waals surface area contributed by atoms with Crippen LogP contribution in [0.25, 0.3) is 0 Å². The van der Waals surface area contributed by atoms with Gasteiger partial charge in [0.05, 0.1) is 0 Å². The van der Waals surface area contributed by atoms with Gasteiger partial charge < -0.3 is 0 Å². The lowest BCUT2D eigenvalue weighted by Crippen LogP contribution is -2.33. The number of likely N-dealkylation sites (tertiary alicyclic amines) is 1. The van der Waals surface area contributed by atoms with Gasteiger partial charge in [-0.05, 0) is 35.1 Å². The normalized spacial score (nSPS) is 18.1. The molecule has 1 heterocycles. The molecule has 1 aliphatic rings. The van der Waals surface area contributed by atoms with Gasteiger partial charge in [-0.15, -0.1) is 0 Å². The number of hydrogen-bond donors (Lipinski definition) is 0. The van der Waals surface area contributed by atoms with Crippen molar-refractivity contribution < 1.29 is 0 Å². The lowest BCUT2D eigenvalue weighted by molar-refractivity contribution is 0.240. The molecule has 0 radical (unpaired) electrons. The third kappa shape index (κ3) is 4.19. The molecule has 4 aromatic carbocycles. The fourth-order valence-corrected chi connectivity index (χ4v) is 5.26. The number of hydrogen-bond acceptors (Lipinski definition) is 1. The number of rotatable bonds is 6. The minimum absolute atomic E-state index is 0.0107. The predicted molar refractivity (Wildman–Crippen MR) is 129 cm³/mol. The Kier molecular flexibility index (Phi) is 5.69. The van der Waals surface area contributed by atoms with E-state index in [9.17, 15) is 0 Å². The Balaban J connectivity index is 1.55. The van der Waals surface area contributed by atoms with Crippen LogP contribution in [0.1, 0.15) is 28.7 Å². The lowest BCUT2D eigenvalue weighted by Gasteiger charge is -2.31. The fourth-order valence-electron chi connectivity index (χ4n) is 5.26. The summed E-state index contributed by atoms with van der Waals surface area (Å²) >= 11 is 0. The van der Waals surface area contributed by atoms with Crippen LogP contribution in [-0.4, -0.2) is 17.5 Å². The smallest absolute Gasteiger partial charge is 0.0345 e. The molecule has 0 bridgehead atoms. The molecule has 0 spiro atoms. The van der Waals surface area contributed by atoms with Crippen LogP contribution < -0.4 is 0 Å². The van der Waals surface area contributed by atoms with E-state index >= 15 is 0 Å². The molecular formula is C30H29N. The standard InChI is InChI=1S/C30H29N/c1-5-13-25(14-6-1)21-29-22-30(27-17-9-3-10-18-27,28-19-11-4-12-20-28)24-31(29)23-26-15-7-2-8-16-26/h1-20,29H,21-24H2. The molecule has 1 heteroatoms. The molecule has 154 valence electrons. The van der Waals surface area contributed by atoms with Crippen LogP contribution in [-0.2, 0) is 18.4 Å². The third-order valence-corrected chi connectivity index (χ3v) is 6.77. The Bertz CT molecular complexity index is 983. The molecule has 0 saturated carbocycles. The Morgan fingerprint density at radius 3 is 1.55 bits per heavy atom. The molecule has 1 aliphatic heterocycles. The van der Waals surface area contributed by atoms with Gasteiger partial charge in [0.25, 0.3) is 0 Å². The van der Waals surface area contributed by atoms with Crippen LogP contribution in [0, 0.1) is 0 Å². The van der Waals surface area contributed by atoms with E-state index in [1.54, 1.807) is 0 Å². The molecule has 1 atom stereocenters. The maximum Gasteiger partial charge on any atom is 0.0345 e. The van der Waals surface area contributed by atoms with Crippen molar-refractivity contribution in [2.24, 2.45) is 0 Å². The summed E-state index contributed by atoms with van der Waals surface area (Å²) in [6.45, 7) is 2.02. The molecule has 1 unspecified atom stereocenters. The van der Waals surface area contributed by atoms with Crippen LogP contribution in [0.5, 0.6) is 0 Å². The maximum atomic E-state index is 2.71. The second-order valence-corrected chi connectivity index (χ2v) is 8.75. The molecule has 1 nitrogen and oxygen atoms in total. The van der Waals surface area contributed by atoms with E-state index in [1.807, 2.05) is 0 Å². The number of nitrogens with zero attached hydrogens (tertiary/aromatic N) is 1. The van der Waals surface area contributed by atoms with E-state index in [0.29, 0.717) is 6.04 Å². The average molecular weight is 404 g/mol. The van der Waals surface area contributed by atoms with Crippen molar-refractivity contribution in [2.75, 3.05) is 6.54 Å². The van der Waals surface area contributed by atoms with Gasteiger partial charge in [0, 0.05) is 24.5 Å². The topological polar surface area (TPSA) is 3.24 Å². The molecular weight excluding hydrogens is 374 g/mol. The minimum Gasteiger partial charge on any atom is -0.295 e. The summed E-state index contributed by atoms with van der Waals surface area (Å²) in [6, 6.07) is 44.6. The van der Waals surface area contributed by atoms with Gasteiger partial charge in [-0.2, -0.15) is 0 Å². The second kappa shape index (κ2) is 8.91. The van der Waals surface area contributed by atoms with Gasteiger partial charge in [-0.25, -0.2) is 0 Å². The zero-order chi connectivity index (χ0) is 20.9. The van der Waals surface area contributed by atoms with Crippen LogP contribution >= 0.6 is 0 Å². The summed E-state index contributed by atoms with van der Waals surface area (Å²) in [4.78, 5) is 2.71. The van der Waals surface area contributed by atoms with Gasteiger partial charge >= 0.3 is 0 Å². The first kappa shape index (κ1) is 19.8. The first-order valence-corrected chi connectivity index (χ1v) is 11.3. The van der Waals surface area contributed by atoms with Gasteiger partial charge in [0.15, 0.2) is 0 Å². The van der Waals surface area contributed by atoms with E-state index in [4.69, 9.17) is 0 Å². The zero-order valence-electron chi connectivity index (χ0n) is 17.9. The highest BCUT2D eigenvalue weighted by Crippen LogP contribution is 2.45. The first-order valence-electron chi connectivity index (χ1n) is 11.3. The van der Waals surface area contributed by atoms with Crippen LogP contribution in [0.2, 0.25) is 0 Å². The zero-order valence-corrected chi connectivity index (χ0v) is 17.9. The molecule has 0 amide bonds. The molecule has 0 aromatic heterocycles. The number of benzene rings is 4. The van der Waals surface area contributed by atoms with Gasteiger partial charge in [0.1, 0.15) is 0 Å². The first-order chi connectivity index (χ1) is 15.3. The fraction of sp³-hybridized carbons (Fsp3) is 0.200. The Labute approximate surface area is 186 Å². The van der Waals surface area contributed by atoms with Crippen molar-refractivity contribution in [3.63, 3.8) is 0 Å². The quantitative estimate of drug-likeness (QED) is 0.356. The van der Waals surface area contributed by atoms with Crippen molar-refractivity contribution in [1.29, 1.82) is 0 Å². The van der Waals surface area contributed by atoms with Gasteiger partial charge in [0.2, 0.25) is 0 Å². The Morgan fingerprint density at radius 1 is 0.581 bits per heavy atom. The van der Waals surface area contributed by atoms with Crippen molar-refractivity contribution in [1.82, 2.24) is 4.90 Å². The van der Waals surface area contributed by atoms with Crippen molar-refractivity contribution in [3.05, 3.63) is 144 Å². The van der Waals surface area contributed by atoms with E-state index in [2.05, 4.69) is 126 Å². The largest absolute Gasteiger partial charge is 0.295 e. The molecule has 31 heavy (non-hydrogen) atoms. The van der Waals surface area contributed by atoms with Gasteiger partial charge in [-0.1, -0.05) is 121 Å². The molecule has 0 N–H and O–H groups in total. The molecule has 1 saturated heterocycles. The summed E-state index contributed by atoms with van der Waals surface area (Å²) in [6.07, 6.45) is 2.21. The molecule has 5 rings (SSSR count). The molecule has 0 aliphatic carbocycles. The highest BCUT2D eigenvalue weighted by atomic mass is 15.2. The predicted octanol–water partition coefficient (Wildman–Crippen LogP) is 6.49. The van der Waals surface area contributed by atoms with E-state index in [1.165, 1.54) is 22.3 Å². The third-order valence-electron chi connectivity index (χ3n) is 6.77. The summed E-state index contributed by atoms with van der Waals surface area (Å²) in [5.74, 6) is 0. The van der Waals surface area contributed by atoms with Crippen LogP contribution in [0.15, 0.2) is 121 Å². The molecule has 4 aromatic rings. The summed E-state index contributed by atoms with van der Waals surface area (Å²) < 4.78 is 0. The lowest BCUT2D eigenvalue weighted by atomic mass is 9.72. The van der Waals surface area contributed by atoms with Gasteiger partial charge in [-0.3, -0.25) is 4.90 Å². The highest BCUT2D eigenvalue weighted by molar-refractivity contribution is 5.42. The van der Waals surface area contributed by atoms with Crippen molar-refractivity contribution in [2.45, 2.75) is 30.8 Å². The summed E-state index contributed by atoms with van der Waals surface area (Å²) in [5.41, 5.74) is 5.67. The van der Waals surface area contributed by atoms with E-state index in [0.717, 1.165) is 25.9 Å². The van der Waals surface area contributed by atoms with Crippen molar-refractivity contribution >= 4 is 0 Å². The highest BCUT2D eigenvalue weighted by Gasteiger charge is 2.46. The summed E-state index contributed by atoms with van der Waals surface area (Å²) in [5, 5.41) is 0. The van der Waals surface area contributed by atoms with Crippen molar-refractivity contribution in [3.8, 4) is 0 Å². The van der Waals surface area contributed by atoms with Crippen LogP contribution in [0.4, 0.5) is 0 Å².